The third kappa shape index (κ3) is 3.95. The van der Waals surface area contributed by atoms with E-state index in [1.165, 1.54) is 0 Å². The average Bonchev–Trinajstić information content (AvgIpc) is 2.23. The highest BCUT2D eigenvalue weighted by Crippen LogP contribution is 2.03. The fourth-order valence-corrected chi connectivity index (χ4v) is 1.32. The molecule has 16 heavy (non-hydrogen) atoms. The fraction of sp³-hybridized carbons (Fsp3) is 0.667. The van der Waals surface area contributed by atoms with Crippen LogP contribution in [0.1, 0.15) is 12.8 Å². The number of nitrogens with one attached hydrogen (secondary N) is 2. The molecule has 1 saturated heterocycles. The summed E-state index contributed by atoms with van der Waals surface area (Å²) in [5.41, 5.74) is 5.18. The Labute approximate surface area is 92.7 Å². The first-order chi connectivity index (χ1) is 7.63. The molecule has 0 aromatic carbocycles. The first-order valence-corrected chi connectivity index (χ1v) is 5.04. The molecule has 1 aliphatic rings. The number of hydrogen-bond donors (Lipinski definition) is 3. The van der Waals surface area contributed by atoms with Gasteiger partial charge >= 0.3 is 0 Å². The quantitative estimate of drug-likeness (QED) is 0.369. The normalized spacial score (nSPS) is 20.4. The monoisotopic (exact) mass is 229 g/mol. The minimum Gasteiger partial charge on any atom is -0.370 e. The third-order valence-electron chi connectivity index (χ3n) is 2.07. The summed E-state index contributed by atoms with van der Waals surface area (Å²) in [4.78, 5) is 33.4. The fourth-order valence-electron chi connectivity index (χ4n) is 1.32. The van der Waals surface area contributed by atoms with Crippen LogP contribution < -0.4 is 16.4 Å². The zero-order valence-electron chi connectivity index (χ0n) is 8.82. The van der Waals surface area contributed by atoms with Crippen molar-refractivity contribution in [2.45, 2.75) is 18.9 Å². The number of carbonyl (C=O) groups is 3. The summed E-state index contributed by atoms with van der Waals surface area (Å²) in [5.74, 6) is -1.17. The van der Waals surface area contributed by atoms with Crippen LogP contribution in [-0.2, 0) is 19.1 Å². The summed E-state index contributed by atoms with van der Waals surface area (Å²) in [7, 11) is 0. The molecule has 1 aliphatic heterocycles. The highest BCUT2D eigenvalue weighted by atomic mass is 16.5. The summed E-state index contributed by atoms with van der Waals surface area (Å²) in [6.07, 6.45) is 0.563. The van der Waals surface area contributed by atoms with Gasteiger partial charge < -0.3 is 15.8 Å². The number of ether oxygens (including phenoxy) is 1. The van der Waals surface area contributed by atoms with Crippen molar-refractivity contribution < 1.29 is 19.1 Å². The number of carbonyl (C=O) groups excluding carboxylic acids is 3. The van der Waals surface area contributed by atoms with Gasteiger partial charge in [0.1, 0.15) is 12.6 Å². The Kier molecular flexibility index (Phi) is 4.87. The molecule has 7 nitrogen and oxygen atoms in total. The van der Waals surface area contributed by atoms with E-state index >= 15 is 0 Å². The van der Waals surface area contributed by atoms with Gasteiger partial charge in [0.25, 0.3) is 0 Å². The van der Waals surface area contributed by atoms with Gasteiger partial charge in [0.2, 0.25) is 17.7 Å². The lowest BCUT2D eigenvalue weighted by Gasteiger charge is -2.21. The lowest BCUT2D eigenvalue weighted by molar-refractivity contribution is -0.138. The average molecular weight is 229 g/mol. The first-order valence-electron chi connectivity index (χ1n) is 5.04. The number of nitrogens with two attached hydrogens (primary N) is 1. The van der Waals surface area contributed by atoms with E-state index in [9.17, 15) is 14.4 Å². The van der Waals surface area contributed by atoms with E-state index in [-0.39, 0.29) is 24.8 Å². The Balaban J connectivity index is 2.28. The first kappa shape index (κ1) is 12.6. The maximum atomic E-state index is 11.3. The Morgan fingerprint density at radius 2 is 2.31 bits per heavy atom. The predicted octanol–water partition coefficient (Wildman–Crippen LogP) is -2.12. The van der Waals surface area contributed by atoms with E-state index in [0.29, 0.717) is 19.6 Å². The van der Waals surface area contributed by atoms with Gasteiger partial charge in [0, 0.05) is 13.0 Å². The van der Waals surface area contributed by atoms with Gasteiger partial charge in [0.15, 0.2) is 0 Å². The van der Waals surface area contributed by atoms with Crippen LogP contribution in [0.2, 0.25) is 0 Å². The van der Waals surface area contributed by atoms with Crippen LogP contribution in [0.25, 0.3) is 0 Å². The Morgan fingerprint density at radius 1 is 1.56 bits per heavy atom. The van der Waals surface area contributed by atoms with E-state index in [2.05, 4.69) is 10.6 Å². The molecule has 3 amide bonds. The van der Waals surface area contributed by atoms with Crippen molar-refractivity contribution in [3.05, 3.63) is 0 Å². The van der Waals surface area contributed by atoms with Gasteiger partial charge in [0.05, 0.1) is 6.61 Å². The summed E-state index contributed by atoms with van der Waals surface area (Å²) >= 11 is 0. The second-order valence-electron chi connectivity index (χ2n) is 3.41. The second-order valence-corrected chi connectivity index (χ2v) is 3.41. The van der Waals surface area contributed by atoms with Crippen LogP contribution in [0.15, 0.2) is 0 Å². The van der Waals surface area contributed by atoms with Gasteiger partial charge in [-0.1, -0.05) is 0 Å². The summed E-state index contributed by atoms with van der Waals surface area (Å²) in [5, 5.41) is 4.63. The largest absolute Gasteiger partial charge is 0.370 e. The molecule has 0 aromatic rings. The standard InChI is InChI=1S/C9H15N3O4/c10-3-4-16-5-8(14)11-6-1-2-7(13)12-9(6)15/h6H,1-5,10H2,(H,11,14)(H,12,13,15). The van der Waals surface area contributed by atoms with Crippen molar-refractivity contribution in [3.63, 3.8) is 0 Å². The summed E-state index contributed by atoms with van der Waals surface area (Å²) < 4.78 is 4.91. The van der Waals surface area contributed by atoms with Crippen LogP contribution >= 0.6 is 0 Å². The van der Waals surface area contributed by atoms with Gasteiger partial charge in [-0.25, -0.2) is 0 Å². The van der Waals surface area contributed by atoms with Crippen molar-refractivity contribution >= 4 is 17.7 Å². The minimum absolute atomic E-state index is 0.130. The second kappa shape index (κ2) is 6.19. The number of hydrogen-bond acceptors (Lipinski definition) is 5. The zero-order chi connectivity index (χ0) is 12.0. The Bertz CT molecular complexity index is 292. The highest BCUT2D eigenvalue weighted by molar-refractivity contribution is 6.01. The third-order valence-corrected chi connectivity index (χ3v) is 2.07. The lowest BCUT2D eigenvalue weighted by atomic mass is 10.1. The lowest BCUT2D eigenvalue weighted by Crippen LogP contribution is -2.52. The van der Waals surface area contributed by atoms with Crippen molar-refractivity contribution in [3.8, 4) is 0 Å². The van der Waals surface area contributed by atoms with Crippen LogP contribution in [-0.4, -0.2) is 43.5 Å². The van der Waals surface area contributed by atoms with E-state index in [1.54, 1.807) is 0 Å². The summed E-state index contributed by atoms with van der Waals surface area (Å²) in [6.45, 7) is 0.503. The number of rotatable bonds is 5. The van der Waals surface area contributed by atoms with E-state index in [4.69, 9.17) is 10.5 Å². The van der Waals surface area contributed by atoms with Gasteiger partial charge in [-0.2, -0.15) is 0 Å². The number of piperidine rings is 1. The zero-order valence-corrected chi connectivity index (χ0v) is 8.82. The molecular formula is C9H15N3O4. The van der Waals surface area contributed by atoms with Crippen molar-refractivity contribution in [2.75, 3.05) is 19.8 Å². The molecule has 1 heterocycles. The Hall–Kier alpha value is -1.47. The van der Waals surface area contributed by atoms with Crippen LogP contribution in [0.5, 0.6) is 0 Å². The minimum atomic E-state index is -0.647. The van der Waals surface area contributed by atoms with Gasteiger partial charge in [-0.15, -0.1) is 0 Å². The molecule has 7 heteroatoms. The van der Waals surface area contributed by atoms with E-state index < -0.39 is 11.9 Å². The van der Waals surface area contributed by atoms with Gasteiger partial charge in [-0.3, -0.25) is 19.7 Å². The molecule has 1 atom stereocenters. The van der Waals surface area contributed by atoms with Crippen molar-refractivity contribution in [2.24, 2.45) is 5.73 Å². The highest BCUT2D eigenvalue weighted by Gasteiger charge is 2.27. The molecule has 90 valence electrons. The van der Waals surface area contributed by atoms with Crippen LogP contribution in [0, 0.1) is 0 Å². The maximum absolute atomic E-state index is 11.3. The molecule has 0 radical (unpaired) electrons. The molecule has 1 unspecified atom stereocenters. The van der Waals surface area contributed by atoms with Gasteiger partial charge in [-0.05, 0) is 6.42 Å². The molecular weight excluding hydrogens is 214 g/mol. The van der Waals surface area contributed by atoms with E-state index in [0.717, 1.165) is 0 Å². The molecule has 0 aromatic heterocycles. The topological polar surface area (TPSA) is 111 Å². The molecule has 0 bridgehead atoms. The predicted molar refractivity (Wildman–Crippen MR) is 54.2 cm³/mol. The number of amides is 3. The molecule has 1 rings (SSSR count). The number of imide groups is 1. The van der Waals surface area contributed by atoms with Crippen molar-refractivity contribution in [1.82, 2.24) is 10.6 Å². The van der Waals surface area contributed by atoms with Crippen LogP contribution in [0.4, 0.5) is 0 Å². The molecule has 0 aliphatic carbocycles. The van der Waals surface area contributed by atoms with Crippen molar-refractivity contribution in [1.29, 1.82) is 0 Å². The SMILES string of the molecule is NCCOCC(=O)NC1CCC(=O)NC1=O. The van der Waals surface area contributed by atoms with E-state index in [1.807, 2.05) is 0 Å². The maximum Gasteiger partial charge on any atom is 0.249 e. The molecule has 4 N–H and O–H groups in total. The molecule has 0 spiro atoms. The Morgan fingerprint density at radius 3 is 2.94 bits per heavy atom. The molecule has 1 fully saturated rings. The van der Waals surface area contributed by atoms with Crippen LogP contribution in [0.3, 0.4) is 0 Å². The molecule has 0 saturated carbocycles. The smallest absolute Gasteiger partial charge is 0.249 e. The summed E-state index contributed by atoms with van der Waals surface area (Å²) in [6, 6.07) is -0.647.